The zero-order valence-electron chi connectivity index (χ0n) is 11.9. The van der Waals surface area contributed by atoms with Gasteiger partial charge in [0.25, 0.3) is 0 Å². The number of fused-ring (bicyclic) bond motifs is 1. The third kappa shape index (κ3) is 3.67. The van der Waals surface area contributed by atoms with Crippen LogP contribution in [0.15, 0.2) is 36.5 Å². The predicted octanol–water partition coefficient (Wildman–Crippen LogP) is 3.71. The zero-order chi connectivity index (χ0) is 13.7. The van der Waals surface area contributed by atoms with Crippen LogP contribution in [0.25, 0.3) is 10.9 Å². The minimum Gasteiger partial charge on any atom is -0.385 e. The first-order valence-corrected chi connectivity index (χ1v) is 6.69. The van der Waals surface area contributed by atoms with Crippen molar-refractivity contribution in [1.29, 1.82) is 0 Å². The van der Waals surface area contributed by atoms with Gasteiger partial charge in [-0.2, -0.15) is 0 Å². The van der Waals surface area contributed by atoms with Gasteiger partial charge in [-0.1, -0.05) is 32.0 Å². The molecule has 0 saturated carbocycles. The third-order valence-electron chi connectivity index (χ3n) is 3.39. The third-order valence-corrected chi connectivity index (χ3v) is 3.39. The van der Waals surface area contributed by atoms with E-state index in [9.17, 15) is 0 Å². The first-order chi connectivity index (χ1) is 9.12. The maximum atomic E-state index is 5.16. The molecule has 0 amide bonds. The van der Waals surface area contributed by atoms with Gasteiger partial charge in [-0.05, 0) is 24.0 Å². The molecule has 0 radical (unpaired) electrons. The number of hydrogen-bond donors (Lipinski definition) is 1. The normalized spacial score (nSPS) is 11.7. The van der Waals surface area contributed by atoms with Crippen LogP contribution in [-0.2, 0) is 4.74 Å². The number of aromatic nitrogens is 1. The molecule has 3 heteroatoms. The second-order valence-electron chi connectivity index (χ2n) is 5.64. The lowest BCUT2D eigenvalue weighted by Crippen LogP contribution is -2.24. The van der Waals surface area contributed by atoms with Crippen molar-refractivity contribution in [1.82, 2.24) is 4.98 Å². The highest BCUT2D eigenvalue weighted by atomic mass is 16.5. The zero-order valence-corrected chi connectivity index (χ0v) is 11.9. The molecule has 3 nitrogen and oxygen atoms in total. The van der Waals surface area contributed by atoms with Gasteiger partial charge >= 0.3 is 0 Å². The number of methoxy groups -OCH3 is 1. The maximum absolute atomic E-state index is 5.16. The van der Waals surface area contributed by atoms with E-state index in [1.165, 1.54) is 5.39 Å². The second-order valence-corrected chi connectivity index (χ2v) is 5.64. The van der Waals surface area contributed by atoms with Crippen molar-refractivity contribution in [3.05, 3.63) is 36.5 Å². The van der Waals surface area contributed by atoms with Crippen LogP contribution >= 0.6 is 0 Å². The van der Waals surface area contributed by atoms with Gasteiger partial charge in [0.2, 0.25) is 0 Å². The van der Waals surface area contributed by atoms with E-state index >= 15 is 0 Å². The van der Waals surface area contributed by atoms with Crippen molar-refractivity contribution < 1.29 is 4.74 Å². The van der Waals surface area contributed by atoms with Gasteiger partial charge in [0.05, 0.1) is 5.52 Å². The number of nitrogens with one attached hydrogen (secondary N) is 1. The van der Waals surface area contributed by atoms with Crippen LogP contribution in [0.5, 0.6) is 0 Å². The number of benzene rings is 1. The molecular weight excluding hydrogens is 236 g/mol. The number of anilines is 1. The van der Waals surface area contributed by atoms with E-state index in [-0.39, 0.29) is 5.41 Å². The average molecular weight is 258 g/mol. The molecule has 0 aliphatic heterocycles. The number of ether oxygens (including phenoxy) is 1. The van der Waals surface area contributed by atoms with Gasteiger partial charge in [-0.15, -0.1) is 0 Å². The Morgan fingerprint density at radius 3 is 2.79 bits per heavy atom. The molecule has 1 aromatic heterocycles. The molecule has 1 aromatic carbocycles. The van der Waals surface area contributed by atoms with Crippen molar-refractivity contribution in [2.45, 2.75) is 20.3 Å². The summed E-state index contributed by atoms with van der Waals surface area (Å²) in [6.45, 7) is 6.22. The molecule has 0 spiro atoms. The van der Waals surface area contributed by atoms with E-state index in [0.29, 0.717) is 0 Å². The number of hydrogen-bond acceptors (Lipinski definition) is 3. The molecule has 0 unspecified atom stereocenters. The average Bonchev–Trinajstić information content (AvgIpc) is 2.43. The van der Waals surface area contributed by atoms with Crippen molar-refractivity contribution in [3.63, 3.8) is 0 Å². The largest absolute Gasteiger partial charge is 0.385 e. The summed E-state index contributed by atoms with van der Waals surface area (Å²) < 4.78 is 5.16. The lowest BCUT2D eigenvalue weighted by Gasteiger charge is -2.25. The maximum Gasteiger partial charge on any atom is 0.0722 e. The molecule has 1 N–H and O–H groups in total. The highest BCUT2D eigenvalue weighted by Gasteiger charge is 2.17. The fraction of sp³-hybridized carbons (Fsp3) is 0.438. The number of para-hydroxylation sites is 1. The number of rotatable bonds is 6. The van der Waals surface area contributed by atoms with Crippen molar-refractivity contribution in [2.75, 3.05) is 25.6 Å². The Bertz CT molecular complexity index is 532. The molecule has 0 aliphatic carbocycles. The summed E-state index contributed by atoms with van der Waals surface area (Å²) in [5, 5.41) is 4.71. The summed E-state index contributed by atoms with van der Waals surface area (Å²) in [5.41, 5.74) is 2.39. The predicted molar refractivity (Wildman–Crippen MR) is 80.5 cm³/mol. The Kier molecular flexibility index (Phi) is 4.38. The molecule has 0 saturated heterocycles. The van der Waals surface area contributed by atoms with Crippen LogP contribution in [0.2, 0.25) is 0 Å². The minimum absolute atomic E-state index is 0.209. The van der Waals surface area contributed by atoms with Gasteiger partial charge in [-0.3, -0.25) is 4.98 Å². The fourth-order valence-electron chi connectivity index (χ4n) is 2.05. The number of nitrogens with zero attached hydrogens (tertiary/aromatic N) is 1. The van der Waals surface area contributed by atoms with Gasteiger partial charge in [0.15, 0.2) is 0 Å². The standard InChI is InChI=1S/C16H22N2O/c1-16(2,9-11-19-3)12-18-15-8-10-17-14-7-5-4-6-13(14)15/h4-8,10H,9,11-12H2,1-3H3,(H,17,18). The molecule has 102 valence electrons. The van der Waals surface area contributed by atoms with Crippen molar-refractivity contribution in [3.8, 4) is 0 Å². The highest BCUT2D eigenvalue weighted by molar-refractivity contribution is 5.90. The summed E-state index contributed by atoms with van der Waals surface area (Å²) in [6, 6.07) is 10.2. The molecular formula is C16H22N2O. The molecule has 0 fully saturated rings. The summed E-state index contributed by atoms with van der Waals surface area (Å²) in [7, 11) is 1.75. The molecule has 2 aromatic rings. The van der Waals surface area contributed by atoms with E-state index in [1.807, 2.05) is 30.5 Å². The topological polar surface area (TPSA) is 34.1 Å². The quantitative estimate of drug-likeness (QED) is 0.857. The Morgan fingerprint density at radius 2 is 2.00 bits per heavy atom. The Labute approximate surface area is 115 Å². The van der Waals surface area contributed by atoms with Crippen molar-refractivity contribution >= 4 is 16.6 Å². The van der Waals surface area contributed by atoms with E-state index in [1.54, 1.807) is 7.11 Å². The number of pyridine rings is 1. The van der Waals surface area contributed by atoms with E-state index < -0.39 is 0 Å². The SMILES string of the molecule is COCCC(C)(C)CNc1ccnc2ccccc12. The lowest BCUT2D eigenvalue weighted by atomic mass is 9.89. The first kappa shape index (κ1) is 13.8. The summed E-state index contributed by atoms with van der Waals surface area (Å²) >= 11 is 0. The van der Waals surface area contributed by atoms with E-state index in [4.69, 9.17) is 4.74 Å². The smallest absolute Gasteiger partial charge is 0.0722 e. The summed E-state index contributed by atoms with van der Waals surface area (Å²) in [5.74, 6) is 0. The van der Waals surface area contributed by atoms with Crippen LogP contribution in [0.1, 0.15) is 20.3 Å². The molecule has 19 heavy (non-hydrogen) atoms. The van der Waals surface area contributed by atoms with Crippen LogP contribution in [0.3, 0.4) is 0 Å². The first-order valence-electron chi connectivity index (χ1n) is 6.69. The van der Waals surface area contributed by atoms with Gasteiger partial charge in [0.1, 0.15) is 0 Å². The Morgan fingerprint density at radius 1 is 1.21 bits per heavy atom. The highest BCUT2D eigenvalue weighted by Crippen LogP contribution is 2.25. The van der Waals surface area contributed by atoms with Gasteiger partial charge in [0, 0.05) is 37.5 Å². The monoisotopic (exact) mass is 258 g/mol. The molecule has 2 rings (SSSR count). The summed E-state index contributed by atoms with van der Waals surface area (Å²) in [4.78, 5) is 4.38. The Hall–Kier alpha value is -1.61. The van der Waals surface area contributed by atoms with E-state index in [2.05, 4.69) is 30.2 Å². The molecule has 0 atom stereocenters. The van der Waals surface area contributed by atoms with Crippen LogP contribution in [-0.4, -0.2) is 25.2 Å². The fourth-order valence-corrected chi connectivity index (χ4v) is 2.05. The minimum atomic E-state index is 0.209. The van der Waals surface area contributed by atoms with Crippen LogP contribution in [0, 0.1) is 5.41 Å². The van der Waals surface area contributed by atoms with Crippen LogP contribution in [0.4, 0.5) is 5.69 Å². The van der Waals surface area contributed by atoms with Gasteiger partial charge in [-0.25, -0.2) is 0 Å². The second kappa shape index (κ2) is 6.02. The van der Waals surface area contributed by atoms with Crippen LogP contribution < -0.4 is 5.32 Å². The van der Waals surface area contributed by atoms with E-state index in [0.717, 1.165) is 30.8 Å². The Balaban J connectivity index is 2.09. The van der Waals surface area contributed by atoms with Crippen molar-refractivity contribution in [2.24, 2.45) is 5.41 Å². The summed E-state index contributed by atoms with van der Waals surface area (Å²) in [6.07, 6.45) is 2.90. The van der Waals surface area contributed by atoms with Gasteiger partial charge < -0.3 is 10.1 Å². The lowest BCUT2D eigenvalue weighted by molar-refractivity contribution is 0.157. The molecule has 1 heterocycles. The molecule has 0 bridgehead atoms. The molecule has 0 aliphatic rings.